The van der Waals surface area contributed by atoms with Crippen LogP contribution in [0.4, 0.5) is 0 Å². The molecule has 10 rings (SSSR count). The Balaban J connectivity index is 1.18. The minimum absolute atomic E-state index is 0.700. The van der Waals surface area contributed by atoms with Gasteiger partial charge in [-0.25, -0.2) is 9.97 Å². The summed E-state index contributed by atoms with van der Waals surface area (Å²) >= 11 is 0. The lowest BCUT2D eigenvalue weighted by molar-refractivity contribution is 1.18. The lowest BCUT2D eigenvalue weighted by Gasteiger charge is -2.17. The predicted octanol–water partition coefficient (Wildman–Crippen LogP) is 13.3. The molecule has 1 heterocycles. The average Bonchev–Trinajstić information content (AvgIpc) is 3.56. The monoisotopic (exact) mass is 660 g/mol. The van der Waals surface area contributed by atoms with Gasteiger partial charge in [-0.05, 0) is 72.5 Å². The van der Waals surface area contributed by atoms with E-state index in [0.29, 0.717) is 5.82 Å². The SMILES string of the molecule is c1ccc(-c2cc(-c3ccccc3-c3ccccc3-c3ccc4c5c(cccc35)-c3ccccc3-4)nc(-c3ccccc3-c3ccccc3)n2)cc1. The van der Waals surface area contributed by atoms with Crippen molar-refractivity contribution in [2.24, 2.45) is 0 Å². The van der Waals surface area contributed by atoms with Crippen molar-refractivity contribution >= 4 is 10.8 Å². The number of hydrogen-bond acceptors (Lipinski definition) is 2. The Morgan fingerprint density at radius 3 is 1.33 bits per heavy atom. The highest BCUT2D eigenvalue weighted by Crippen LogP contribution is 2.50. The van der Waals surface area contributed by atoms with Crippen molar-refractivity contribution in [2.75, 3.05) is 0 Å². The van der Waals surface area contributed by atoms with Crippen LogP contribution in [0.5, 0.6) is 0 Å². The molecule has 1 aromatic heterocycles. The quantitative estimate of drug-likeness (QED) is 0.177. The van der Waals surface area contributed by atoms with Crippen molar-refractivity contribution in [3.8, 4) is 89.5 Å². The van der Waals surface area contributed by atoms with Crippen molar-refractivity contribution in [1.29, 1.82) is 0 Å². The fourth-order valence-corrected chi connectivity index (χ4v) is 7.95. The zero-order chi connectivity index (χ0) is 34.4. The normalized spacial score (nSPS) is 11.5. The molecule has 2 heteroatoms. The molecule has 0 fully saturated rings. The second kappa shape index (κ2) is 12.5. The summed E-state index contributed by atoms with van der Waals surface area (Å²) < 4.78 is 0. The summed E-state index contributed by atoms with van der Waals surface area (Å²) in [5.41, 5.74) is 17.1. The third kappa shape index (κ3) is 4.96. The minimum Gasteiger partial charge on any atom is -0.228 e. The van der Waals surface area contributed by atoms with Gasteiger partial charge in [0.05, 0.1) is 11.4 Å². The molecule has 242 valence electrons. The highest BCUT2D eigenvalue weighted by Gasteiger charge is 2.24. The minimum atomic E-state index is 0.700. The topological polar surface area (TPSA) is 25.8 Å². The van der Waals surface area contributed by atoms with Gasteiger partial charge in [0.1, 0.15) is 0 Å². The summed E-state index contributed by atoms with van der Waals surface area (Å²) in [5, 5.41) is 2.60. The highest BCUT2D eigenvalue weighted by molar-refractivity contribution is 6.19. The van der Waals surface area contributed by atoms with E-state index < -0.39 is 0 Å². The third-order valence-electron chi connectivity index (χ3n) is 10.3. The first kappa shape index (κ1) is 30.0. The first-order valence-corrected chi connectivity index (χ1v) is 17.8. The van der Waals surface area contributed by atoms with Crippen LogP contribution in [0.15, 0.2) is 194 Å². The molecule has 2 nitrogen and oxygen atoms in total. The smallest absolute Gasteiger partial charge is 0.161 e. The van der Waals surface area contributed by atoms with Crippen LogP contribution >= 0.6 is 0 Å². The molecule has 0 spiro atoms. The summed E-state index contributed by atoms with van der Waals surface area (Å²) in [4.78, 5) is 10.6. The van der Waals surface area contributed by atoms with Crippen LogP contribution in [0.1, 0.15) is 0 Å². The van der Waals surface area contributed by atoms with Crippen molar-refractivity contribution in [2.45, 2.75) is 0 Å². The van der Waals surface area contributed by atoms with Gasteiger partial charge >= 0.3 is 0 Å². The van der Waals surface area contributed by atoms with E-state index >= 15 is 0 Å². The van der Waals surface area contributed by atoms with Crippen LogP contribution in [0.3, 0.4) is 0 Å². The number of benzene rings is 8. The van der Waals surface area contributed by atoms with E-state index in [0.717, 1.165) is 44.8 Å². The van der Waals surface area contributed by atoms with Gasteiger partial charge in [-0.2, -0.15) is 0 Å². The van der Waals surface area contributed by atoms with Crippen LogP contribution in [-0.4, -0.2) is 9.97 Å². The second-order valence-electron chi connectivity index (χ2n) is 13.3. The van der Waals surface area contributed by atoms with Crippen LogP contribution < -0.4 is 0 Å². The summed E-state index contributed by atoms with van der Waals surface area (Å²) in [7, 11) is 0. The number of rotatable bonds is 6. The van der Waals surface area contributed by atoms with Crippen molar-refractivity contribution < 1.29 is 0 Å². The van der Waals surface area contributed by atoms with Gasteiger partial charge < -0.3 is 0 Å². The summed E-state index contributed by atoms with van der Waals surface area (Å²) in [5.74, 6) is 0.700. The van der Waals surface area contributed by atoms with Crippen molar-refractivity contribution in [1.82, 2.24) is 9.97 Å². The van der Waals surface area contributed by atoms with Gasteiger partial charge in [-0.15, -0.1) is 0 Å². The molecule has 8 aromatic carbocycles. The van der Waals surface area contributed by atoms with Crippen LogP contribution in [0.2, 0.25) is 0 Å². The molecule has 1 aliphatic carbocycles. The highest BCUT2D eigenvalue weighted by atomic mass is 14.9. The molecule has 0 bridgehead atoms. The van der Waals surface area contributed by atoms with E-state index in [1.165, 1.54) is 49.7 Å². The predicted molar refractivity (Wildman–Crippen MR) is 217 cm³/mol. The maximum Gasteiger partial charge on any atom is 0.161 e. The van der Waals surface area contributed by atoms with Gasteiger partial charge in [0.25, 0.3) is 0 Å². The molecule has 0 atom stereocenters. The molecule has 0 radical (unpaired) electrons. The second-order valence-corrected chi connectivity index (χ2v) is 13.3. The molecule has 52 heavy (non-hydrogen) atoms. The number of fused-ring (bicyclic) bond motifs is 3. The lowest BCUT2D eigenvalue weighted by Crippen LogP contribution is -1.98. The summed E-state index contributed by atoms with van der Waals surface area (Å²) in [6.45, 7) is 0. The molecular formula is C50H32N2. The molecule has 0 aliphatic heterocycles. The first-order valence-electron chi connectivity index (χ1n) is 17.8. The Labute approximate surface area is 303 Å². The Hall–Kier alpha value is -6.90. The lowest BCUT2D eigenvalue weighted by atomic mass is 9.87. The first-order chi connectivity index (χ1) is 25.8. The standard InChI is InChI=1S/C50H32N2/c1-3-16-33(17-4-1)35-20-7-14-27-46(35)50-51-47(34-18-5-2-6-19-34)32-48(52-50)42-26-13-12-23-38(42)36-21-8-9-22-37(36)41-30-31-45-40-25-11-10-24-39(40)43-28-15-29-44(41)49(43)45/h1-32H. The zero-order valence-corrected chi connectivity index (χ0v) is 28.4. The molecule has 0 N–H and O–H groups in total. The molecule has 0 saturated heterocycles. The van der Waals surface area contributed by atoms with E-state index in [9.17, 15) is 0 Å². The van der Waals surface area contributed by atoms with Crippen molar-refractivity contribution in [3.05, 3.63) is 194 Å². The Kier molecular flexibility index (Phi) is 7.18. The Bertz CT molecular complexity index is 2750. The average molecular weight is 661 g/mol. The van der Waals surface area contributed by atoms with E-state index in [2.05, 4.69) is 182 Å². The van der Waals surface area contributed by atoms with Crippen LogP contribution in [-0.2, 0) is 0 Å². The fraction of sp³-hybridized carbons (Fsp3) is 0. The van der Waals surface area contributed by atoms with E-state index in [-0.39, 0.29) is 0 Å². The molecule has 0 unspecified atom stereocenters. The molecular weight excluding hydrogens is 629 g/mol. The maximum atomic E-state index is 5.37. The van der Waals surface area contributed by atoms with Gasteiger partial charge in [-0.3, -0.25) is 0 Å². The van der Waals surface area contributed by atoms with E-state index in [1.807, 2.05) is 12.1 Å². The molecule has 1 aliphatic rings. The fourth-order valence-electron chi connectivity index (χ4n) is 7.95. The van der Waals surface area contributed by atoms with Gasteiger partial charge in [0, 0.05) is 16.7 Å². The maximum absolute atomic E-state index is 5.37. The van der Waals surface area contributed by atoms with Crippen LogP contribution in [0, 0.1) is 0 Å². The summed E-state index contributed by atoms with van der Waals surface area (Å²) in [6, 6.07) is 69.1. The zero-order valence-electron chi connectivity index (χ0n) is 28.4. The molecule has 0 saturated carbocycles. The summed E-state index contributed by atoms with van der Waals surface area (Å²) in [6.07, 6.45) is 0. The Morgan fingerprint density at radius 2 is 0.673 bits per heavy atom. The van der Waals surface area contributed by atoms with Gasteiger partial charge in [-0.1, -0.05) is 188 Å². The van der Waals surface area contributed by atoms with E-state index in [4.69, 9.17) is 9.97 Å². The van der Waals surface area contributed by atoms with E-state index in [1.54, 1.807) is 0 Å². The number of nitrogens with zero attached hydrogens (tertiary/aromatic N) is 2. The Morgan fingerprint density at radius 1 is 0.250 bits per heavy atom. The molecule has 9 aromatic rings. The third-order valence-corrected chi connectivity index (χ3v) is 10.3. The van der Waals surface area contributed by atoms with Gasteiger partial charge in [0.2, 0.25) is 0 Å². The van der Waals surface area contributed by atoms with Crippen molar-refractivity contribution in [3.63, 3.8) is 0 Å². The van der Waals surface area contributed by atoms with Crippen LogP contribution in [0.25, 0.3) is 100 Å². The largest absolute Gasteiger partial charge is 0.228 e. The number of aromatic nitrogens is 2. The van der Waals surface area contributed by atoms with Gasteiger partial charge in [0.15, 0.2) is 5.82 Å². The number of hydrogen-bond donors (Lipinski definition) is 0. The molecule has 0 amide bonds.